The summed E-state index contributed by atoms with van der Waals surface area (Å²) in [7, 11) is 0. The summed E-state index contributed by atoms with van der Waals surface area (Å²) in [5.74, 6) is -0.986. The van der Waals surface area contributed by atoms with E-state index in [1.54, 1.807) is 12.1 Å². The van der Waals surface area contributed by atoms with Crippen molar-refractivity contribution < 1.29 is 14.3 Å². The van der Waals surface area contributed by atoms with Crippen molar-refractivity contribution in [1.29, 1.82) is 0 Å². The summed E-state index contributed by atoms with van der Waals surface area (Å²) < 4.78 is 13.9. The van der Waals surface area contributed by atoms with Crippen LogP contribution in [-0.2, 0) is 13.0 Å². The summed E-state index contributed by atoms with van der Waals surface area (Å²) in [5, 5.41) is 21.5. The van der Waals surface area contributed by atoms with Crippen LogP contribution in [0.4, 0.5) is 4.39 Å². The van der Waals surface area contributed by atoms with Crippen LogP contribution in [0.3, 0.4) is 0 Å². The van der Waals surface area contributed by atoms with Gasteiger partial charge >= 0.3 is 0 Å². The molecule has 28 heavy (non-hydrogen) atoms. The summed E-state index contributed by atoms with van der Waals surface area (Å²) >= 11 is 0. The van der Waals surface area contributed by atoms with Crippen molar-refractivity contribution in [2.24, 2.45) is 0 Å². The van der Waals surface area contributed by atoms with Crippen LogP contribution in [0.15, 0.2) is 54.7 Å². The fourth-order valence-corrected chi connectivity index (χ4v) is 3.07. The lowest BCUT2D eigenvalue weighted by Crippen LogP contribution is -2.27. The maximum Gasteiger partial charge on any atom is 0.273 e. The number of hydrogen-bond donors (Lipinski definition) is 3. The van der Waals surface area contributed by atoms with Gasteiger partial charge in [-0.2, -0.15) is 0 Å². The molecule has 4 rings (SSSR count). The Morgan fingerprint density at radius 1 is 1.14 bits per heavy atom. The van der Waals surface area contributed by atoms with Crippen LogP contribution < -0.4 is 5.32 Å². The number of aromatic nitrogens is 4. The Kier molecular flexibility index (Phi) is 4.86. The summed E-state index contributed by atoms with van der Waals surface area (Å²) in [4.78, 5) is 16.7. The Balaban J connectivity index is 1.48. The van der Waals surface area contributed by atoms with Crippen LogP contribution in [-0.4, -0.2) is 37.5 Å². The Morgan fingerprint density at radius 2 is 1.93 bits per heavy atom. The van der Waals surface area contributed by atoms with Gasteiger partial charge in [-0.1, -0.05) is 30.3 Å². The van der Waals surface area contributed by atoms with Gasteiger partial charge in [-0.25, -0.2) is 4.39 Å². The first-order valence-corrected chi connectivity index (χ1v) is 8.82. The van der Waals surface area contributed by atoms with Gasteiger partial charge in [-0.15, -0.1) is 15.0 Å². The molecule has 0 atom stereocenters. The summed E-state index contributed by atoms with van der Waals surface area (Å²) in [6.45, 7) is -0.0856. The van der Waals surface area contributed by atoms with Gasteiger partial charge in [0.05, 0.1) is 6.61 Å². The van der Waals surface area contributed by atoms with Crippen LogP contribution >= 0.6 is 0 Å². The lowest BCUT2D eigenvalue weighted by molar-refractivity contribution is 0.0945. The number of fused-ring (bicyclic) bond motifs is 1. The highest BCUT2D eigenvalue weighted by Crippen LogP contribution is 2.18. The van der Waals surface area contributed by atoms with Crippen molar-refractivity contribution in [3.8, 4) is 5.69 Å². The average molecular weight is 379 g/mol. The molecule has 0 aliphatic rings. The highest BCUT2D eigenvalue weighted by Gasteiger charge is 2.19. The molecule has 0 aliphatic heterocycles. The second-order valence-electron chi connectivity index (χ2n) is 6.26. The maximum absolute atomic E-state index is 13.9. The molecule has 0 spiro atoms. The van der Waals surface area contributed by atoms with Crippen molar-refractivity contribution >= 4 is 16.8 Å². The number of amides is 1. The molecule has 2 heterocycles. The van der Waals surface area contributed by atoms with E-state index in [4.69, 9.17) is 0 Å². The summed E-state index contributed by atoms with van der Waals surface area (Å²) in [5.41, 5.74) is 2.31. The smallest absolute Gasteiger partial charge is 0.273 e. The third-order valence-corrected chi connectivity index (χ3v) is 4.47. The van der Waals surface area contributed by atoms with Crippen molar-refractivity contribution in [2.45, 2.75) is 13.0 Å². The highest BCUT2D eigenvalue weighted by molar-refractivity contribution is 5.93. The molecule has 142 valence electrons. The topological polar surface area (TPSA) is 95.8 Å². The van der Waals surface area contributed by atoms with E-state index >= 15 is 0 Å². The second kappa shape index (κ2) is 7.61. The molecule has 0 aliphatic carbocycles. The van der Waals surface area contributed by atoms with Crippen molar-refractivity contribution in [2.75, 3.05) is 6.54 Å². The van der Waals surface area contributed by atoms with Gasteiger partial charge in [0.25, 0.3) is 5.91 Å². The van der Waals surface area contributed by atoms with E-state index in [0.717, 1.165) is 21.3 Å². The molecule has 0 unspecified atom stereocenters. The Morgan fingerprint density at radius 3 is 2.75 bits per heavy atom. The maximum atomic E-state index is 13.9. The van der Waals surface area contributed by atoms with Gasteiger partial charge < -0.3 is 15.4 Å². The molecule has 0 fully saturated rings. The largest absolute Gasteiger partial charge is 0.390 e. The molecule has 2 aromatic heterocycles. The minimum absolute atomic E-state index is 0.0234. The molecule has 1 amide bonds. The molecule has 0 bridgehead atoms. The van der Waals surface area contributed by atoms with Gasteiger partial charge in [-0.05, 0) is 30.2 Å². The number of carbonyl (C=O) groups is 1. The molecule has 7 nitrogen and oxygen atoms in total. The van der Waals surface area contributed by atoms with E-state index in [2.05, 4.69) is 20.5 Å². The van der Waals surface area contributed by atoms with Crippen LogP contribution in [0.2, 0.25) is 0 Å². The first-order chi connectivity index (χ1) is 13.7. The predicted octanol–water partition coefficient (Wildman–Crippen LogP) is 2.35. The number of H-pyrrole nitrogens is 1. The first kappa shape index (κ1) is 17.9. The van der Waals surface area contributed by atoms with E-state index in [-0.39, 0.29) is 17.1 Å². The molecule has 0 saturated carbocycles. The summed E-state index contributed by atoms with van der Waals surface area (Å²) in [6, 6.07) is 13.9. The van der Waals surface area contributed by atoms with E-state index in [0.29, 0.717) is 13.0 Å². The zero-order valence-electron chi connectivity index (χ0n) is 14.9. The number of rotatable bonds is 6. The number of para-hydroxylation sites is 2. The monoisotopic (exact) mass is 379 g/mol. The molecular weight excluding hydrogens is 361 g/mol. The number of carbonyl (C=O) groups excluding carboxylic acids is 1. The third kappa shape index (κ3) is 3.37. The quantitative estimate of drug-likeness (QED) is 0.479. The van der Waals surface area contributed by atoms with Crippen LogP contribution in [0.1, 0.15) is 21.7 Å². The highest BCUT2D eigenvalue weighted by atomic mass is 19.1. The molecule has 0 radical (unpaired) electrons. The lowest BCUT2D eigenvalue weighted by Gasteiger charge is -2.03. The number of benzene rings is 2. The molecule has 2 aromatic carbocycles. The van der Waals surface area contributed by atoms with Crippen LogP contribution in [0.5, 0.6) is 0 Å². The normalized spacial score (nSPS) is 11.1. The number of halogens is 1. The molecule has 0 saturated heterocycles. The number of nitrogens with one attached hydrogen (secondary N) is 2. The van der Waals surface area contributed by atoms with E-state index in [1.807, 2.05) is 30.5 Å². The van der Waals surface area contributed by atoms with E-state index < -0.39 is 18.3 Å². The second-order valence-corrected chi connectivity index (χ2v) is 6.26. The van der Waals surface area contributed by atoms with E-state index in [9.17, 15) is 14.3 Å². The lowest BCUT2D eigenvalue weighted by atomic mass is 10.1. The fourth-order valence-electron chi connectivity index (χ4n) is 3.07. The van der Waals surface area contributed by atoms with Crippen LogP contribution in [0, 0.1) is 5.82 Å². The number of hydrogen-bond acceptors (Lipinski definition) is 4. The SMILES string of the molecule is O=C(NCCc1c[nH]c2ccccc12)c1nn(-c2ccccc2F)nc1CO. The zero-order valence-corrected chi connectivity index (χ0v) is 14.9. The number of aliphatic hydroxyl groups is 1. The third-order valence-electron chi connectivity index (χ3n) is 4.47. The van der Waals surface area contributed by atoms with Gasteiger partial charge in [0, 0.05) is 23.6 Å². The van der Waals surface area contributed by atoms with Gasteiger partial charge in [0.2, 0.25) is 0 Å². The van der Waals surface area contributed by atoms with E-state index in [1.165, 1.54) is 12.1 Å². The minimum atomic E-state index is -0.520. The van der Waals surface area contributed by atoms with Crippen LogP contribution in [0.25, 0.3) is 16.6 Å². The van der Waals surface area contributed by atoms with Gasteiger partial charge in [0.15, 0.2) is 11.5 Å². The Bertz CT molecular complexity index is 1130. The Hall–Kier alpha value is -3.52. The Labute approximate surface area is 159 Å². The number of aliphatic hydroxyl groups excluding tert-OH is 1. The van der Waals surface area contributed by atoms with Gasteiger partial charge in [-0.3, -0.25) is 4.79 Å². The number of aromatic amines is 1. The zero-order chi connectivity index (χ0) is 19.5. The first-order valence-electron chi connectivity index (χ1n) is 8.82. The molecule has 4 aromatic rings. The summed E-state index contributed by atoms with van der Waals surface area (Å²) in [6.07, 6.45) is 2.55. The standard InChI is InChI=1S/C20H18FN5O2/c21-15-6-2-4-8-18(15)26-24-17(12-27)19(25-26)20(28)22-10-9-13-11-23-16-7-3-1-5-14(13)16/h1-8,11,23,27H,9-10,12H2,(H,22,28). The fraction of sp³-hybridized carbons (Fsp3) is 0.150. The van der Waals surface area contributed by atoms with Crippen molar-refractivity contribution in [3.63, 3.8) is 0 Å². The minimum Gasteiger partial charge on any atom is -0.390 e. The van der Waals surface area contributed by atoms with Crippen molar-refractivity contribution in [3.05, 3.63) is 77.5 Å². The van der Waals surface area contributed by atoms with Gasteiger partial charge in [0.1, 0.15) is 11.4 Å². The predicted molar refractivity (Wildman–Crippen MR) is 102 cm³/mol. The number of nitrogens with zero attached hydrogens (tertiary/aromatic N) is 3. The molecule has 3 N–H and O–H groups in total. The molecule has 8 heteroatoms. The van der Waals surface area contributed by atoms with Crippen molar-refractivity contribution in [1.82, 2.24) is 25.3 Å². The molecular formula is C20H18FN5O2. The average Bonchev–Trinajstić information content (AvgIpc) is 3.33.